The van der Waals surface area contributed by atoms with Gasteiger partial charge in [0.1, 0.15) is 6.26 Å². The number of aromatic nitrogens is 1. The first-order chi connectivity index (χ1) is 8.92. The van der Waals surface area contributed by atoms with Gasteiger partial charge in [-0.05, 0) is 37.6 Å². The van der Waals surface area contributed by atoms with Gasteiger partial charge >= 0.3 is 6.01 Å². The van der Waals surface area contributed by atoms with Crippen LogP contribution in [0, 0.1) is 25.2 Å². The normalized spacial score (nSPS) is 11.0. The molecule has 0 aliphatic carbocycles. The van der Waals surface area contributed by atoms with Gasteiger partial charge in [-0.1, -0.05) is 0 Å². The van der Waals surface area contributed by atoms with Gasteiger partial charge in [0.2, 0.25) is 0 Å². The molecule has 0 spiro atoms. The third kappa shape index (κ3) is 2.74. The number of oxazole rings is 1. The Labute approximate surface area is 110 Å². The zero-order valence-corrected chi connectivity index (χ0v) is 11.2. The Morgan fingerprint density at radius 3 is 2.63 bits per heavy atom. The zero-order valence-electron chi connectivity index (χ0n) is 10.3. The van der Waals surface area contributed by atoms with Crippen molar-refractivity contribution in [1.82, 2.24) is 4.98 Å². The Kier molecular flexibility index (Phi) is 3.27. The lowest BCUT2D eigenvalue weighted by Crippen LogP contribution is -2.14. The topological polar surface area (TPSA) is 96.0 Å². The Hall–Kier alpha value is -2.33. The van der Waals surface area contributed by atoms with Crippen LogP contribution in [0.5, 0.6) is 0 Å². The summed E-state index contributed by atoms with van der Waals surface area (Å²) in [5, 5.41) is 8.75. The minimum atomic E-state index is -3.77. The summed E-state index contributed by atoms with van der Waals surface area (Å²) in [7, 11) is -3.77. The molecule has 0 aliphatic rings. The van der Waals surface area contributed by atoms with Gasteiger partial charge in [-0.15, -0.1) is 0 Å². The molecular weight excluding hydrogens is 266 g/mol. The summed E-state index contributed by atoms with van der Waals surface area (Å²) in [6.07, 6.45) is 1.35. The molecule has 0 unspecified atom stereocenters. The van der Waals surface area contributed by atoms with Gasteiger partial charge in [0.25, 0.3) is 10.0 Å². The van der Waals surface area contributed by atoms with Crippen molar-refractivity contribution in [2.24, 2.45) is 0 Å². The first-order valence-electron chi connectivity index (χ1n) is 5.38. The molecule has 0 atom stereocenters. The molecule has 0 radical (unpaired) electrons. The van der Waals surface area contributed by atoms with Crippen molar-refractivity contribution in [3.05, 3.63) is 41.3 Å². The maximum atomic E-state index is 12.1. The molecule has 19 heavy (non-hydrogen) atoms. The fraction of sp³-hybridized carbons (Fsp3) is 0.167. The minimum Gasteiger partial charge on any atom is -0.431 e. The molecule has 1 heterocycles. The van der Waals surface area contributed by atoms with E-state index in [0.29, 0.717) is 16.8 Å². The molecule has 2 rings (SSSR count). The minimum absolute atomic E-state index is 0.0822. The van der Waals surface area contributed by atoms with Gasteiger partial charge in [-0.3, -0.25) is 0 Å². The van der Waals surface area contributed by atoms with Crippen molar-refractivity contribution < 1.29 is 12.8 Å². The van der Waals surface area contributed by atoms with Gasteiger partial charge in [0.15, 0.2) is 0 Å². The molecule has 0 fully saturated rings. The fourth-order valence-electron chi connectivity index (χ4n) is 1.59. The summed E-state index contributed by atoms with van der Waals surface area (Å²) in [4.78, 5) is 3.96. The Bertz CT molecular complexity index is 757. The van der Waals surface area contributed by atoms with E-state index < -0.39 is 10.0 Å². The maximum absolute atomic E-state index is 12.1. The van der Waals surface area contributed by atoms with Crippen LogP contribution >= 0.6 is 0 Å². The van der Waals surface area contributed by atoms with E-state index in [2.05, 4.69) is 9.71 Å². The van der Waals surface area contributed by atoms with E-state index in [0.717, 1.165) is 0 Å². The third-order valence-corrected chi connectivity index (χ3v) is 3.91. The van der Waals surface area contributed by atoms with E-state index in [1.54, 1.807) is 13.8 Å². The number of nitrogens with one attached hydrogen (secondary N) is 1. The second kappa shape index (κ2) is 4.74. The largest absolute Gasteiger partial charge is 0.431 e. The van der Waals surface area contributed by atoms with Gasteiger partial charge < -0.3 is 4.42 Å². The average molecular weight is 277 g/mol. The number of hydrogen-bond donors (Lipinski definition) is 1. The number of benzene rings is 1. The van der Waals surface area contributed by atoms with Crippen LogP contribution in [0.25, 0.3) is 0 Å². The SMILES string of the molecule is Cc1coc(NS(=O)(=O)c2ccc(C#N)cc2C)n1. The summed E-state index contributed by atoms with van der Waals surface area (Å²) in [5.74, 6) is 0. The summed E-state index contributed by atoms with van der Waals surface area (Å²) in [6.45, 7) is 3.31. The van der Waals surface area contributed by atoms with Crippen LogP contribution in [0.1, 0.15) is 16.8 Å². The molecule has 2 aromatic rings. The number of nitrogens with zero attached hydrogens (tertiary/aromatic N) is 2. The predicted octanol–water partition coefficient (Wildman–Crippen LogP) is 1.96. The highest BCUT2D eigenvalue weighted by Gasteiger charge is 2.19. The van der Waals surface area contributed by atoms with Crippen molar-refractivity contribution in [1.29, 1.82) is 5.26 Å². The molecule has 98 valence electrons. The Balaban J connectivity index is 2.37. The second-order valence-electron chi connectivity index (χ2n) is 3.99. The molecule has 1 aromatic carbocycles. The quantitative estimate of drug-likeness (QED) is 0.925. The number of sulfonamides is 1. The first kappa shape index (κ1) is 13.1. The number of hydrogen-bond acceptors (Lipinski definition) is 5. The van der Waals surface area contributed by atoms with Crippen LogP contribution < -0.4 is 4.72 Å². The van der Waals surface area contributed by atoms with Gasteiger partial charge in [-0.25, -0.2) is 13.1 Å². The van der Waals surface area contributed by atoms with E-state index in [4.69, 9.17) is 9.68 Å². The van der Waals surface area contributed by atoms with Crippen molar-refractivity contribution in [3.63, 3.8) is 0 Å². The number of nitriles is 1. The van der Waals surface area contributed by atoms with E-state index in [9.17, 15) is 8.42 Å². The van der Waals surface area contributed by atoms with Crippen LogP contribution in [-0.2, 0) is 10.0 Å². The highest BCUT2D eigenvalue weighted by atomic mass is 32.2. The molecule has 0 saturated carbocycles. The van der Waals surface area contributed by atoms with E-state index in [1.165, 1.54) is 24.5 Å². The molecule has 1 aromatic heterocycles. The lowest BCUT2D eigenvalue weighted by Gasteiger charge is -2.07. The molecular formula is C12H11N3O3S. The predicted molar refractivity (Wildman–Crippen MR) is 67.9 cm³/mol. The molecule has 0 amide bonds. The lowest BCUT2D eigenvalue weighted by molar-refractivity contribution is 0.569. The fourth-order valence-corrected chi connectivity index (χ4v) is 2.75. The van der Waals surface area contributed by atoms with Crippen LogP contribution in [0.2, 0.25) is 0 Å². The monoisotopic (exact) mass is 277 g/mol. The van der Waals surface area contributed by atoms with Crippen LogP contribution in [0.4, 0.5) is 6.01 Å². The van der Waals surface area contributed by atoms with Crippen LogP contribution in [-0.4, -0.2) is 13.4 Å². The standard InChI is InChI=1S/C12H11N3O3S/c1-8-5-10(6-13)3-4-11(8)19(16,17)15-12-14-9(2)7-18-12/h3-5,7H,1-2H3,(H,14,15). The van der Waals surface area contributed by atoms with Gasteiger partial charge in [0, 0.05) is 0 Å². The van der Waals surface area contributed by atoms with Gasteiger partial charge in [0.05, 0.1) is 22.2 Å². The van der Waals surface area contributed by atoms with E-state index in [1.807, 2.05) is 6.07 Å². The zero-order chi connectivity index (χ0) is 14.0. The van der Waals surface area contributed by atoms with Crippen molar-refractivity contribution in [3.8, 4) is 6.07 Å². The Morgan fingerprint density at radius 2 is 2.11 bits per heavy atom. The maximum Gasteiger partial charge on any atom is 0.309 e. The lowest BCUT2D eigenvalue weighted by atomic mass is 10.2. The summed E-state index contributed by atoms with van der Waals surface area (Å²) < 4.78 is 31.5. The van der Waals surface area contributed by atoms with Crippen molar-refractivity contribution in [2.75, 3.05) is 4.72 Å². The van der Waals surface area contributed by atoms with Crippen molar-refractivity contribution in [2.45, 2.75) is 18.7 Å². The van der Waals surface area contributed by atoms with E-state index >= 15 is 0 Å². The number of anilines is 1. The Morgan fingerprint density at radius 1 is 1.37 bits per heavy atom. The highest BCUT2D eigenvalue weighted by Crippen LogP contribution is 2.19. The molecule has 0 aliphatic heterocycles. The molecule has 6 nitrogen and oxygen atoms in total. The summed E-state index contributed by atoms with van der Waals surface area (Å²) in [5.41, 5.74) is 1.47. The second-order valence-corrected chi connectivity index (χ2v) is 5.64. The number of rotatable bonds is 3. The van der Waals surface area contributed by atoms with Crippen LogP contribution in [0.15, 0.2) is 33.8 Å². The number of aryl methyl sites for hydroxylation is 2. The van der Waals surface area contributed by atoms with Crippen molar-refractivity contribution >= 4 is 16.0 Å². The first-order valence-corrected chi connectivity index (χ1v) is 6.86. The summed E-state index contributed by atoms with van der Waals surface area (Å²) >= 11 is 0. The molecule has 1 N–H and O–H groups in total. The highest BCUT2D eigenvalue weighted by molar-refractivity contribution is 7.92. The van der Waals surface area contributed by atoms with Gasteiger partial charge in [-0.2, -0.15) is 10.2 Å². The average Bonchev–Trinajstić information content (AvgIpc) is 2.73. The molecule has 0 saturated heterocycles. The third-order valence-electron chi connectivity index (χ3n) is 2.43. The summed E-state index contributed by atoms with van der Waals surface area (Å²) in [6, 6.07) is 6.21. The molecule has 0 bridgehead atoms. The molecule has 7 heteroatoms. The van der Waals surface area contributed by atoms with E-state index in [-0.39, 0.29) is 10.9 Å². The smallest absolute Gasteiger partial charge is 0.309 e. The van der Waals surface area contributed by atoms with Crippen LogP contribution in [0.3, 0.4) is 0 Å².